The first kappa shape index (κ1) is 20.1. The molecule has 1 aromatic heterocycles. The maximum absolute atomic E-state index is 11.7. The Morgan fingerprint density at radius 2 is 2.13 bits per heavy atom. The van der Waals surface area contributed by atoms with Gasteiger partial charge in [0.25, 0.3) is 0 Å². The zero-order valence-electron chi connectivity index (χ0n) is 17.4. The fourth-order valence-electron chi connectivity index (χ4n) is 4.17. The van der Waals surface area contributed by atoms with Gasteiger partial charge in [-0.3, -0.25) is 14.7 Å². The molecule has 1 N–H and O–H groups in total. The van der Waals surface area contributed by atoms with Crippen LogP contribution in [-0.2, 0) is 17.8 Å². The van der Waals surface area contributed by atoms with Gasteiger partial charge < -0.3 is 10.1 Å². The Kier molecular flexibility index (Phi) is 5.82. The average Bonchev–Trinajstić information content (AvgIpc) is 2.75. The number of benzene rings is 1. The number of nitrogens with zero attached hydrogens (tertiary/aromatic N) is 3. The van der Waals surface area contributed by atoms with Gasteiger partial charge in [0.15, 0.2) is 0 Å². The van der Waals surface area contributed by atoms with Crippen molar-refractivity contribution < 1.29 is 9.53 Å². The van der Waals surface area contributed by atoms with Crippen molar-refractivity contribution >= 4 is 11.5 Å². The number of likely N-dealkylation sites (tertiary alicyclic amines) is 1. The van der Waals surface area contributed by atoms with Gasteiger partial charge >= 0.3 is 0 Å². The number of nitriles is 1. The lowest BCUT2D eigenvalue weighted by Crippen LogP contribution is -2.53. The van der Waals surface area contributed by atoms with E-state index >= 15 is 0 Å². The van der Waals surface area contributed by atoms with E-state index < -0.39 is 0 Å². The summed E-state index contributed by atoms with van der Waals surface area (Å²) in [5.41, 5.74) is 6.77. The van der Waals surface area contributed by atoms with E-state index in [4.69, 9.17) is 10.00 Å². The van der Waals surface area contributed by atoms with Gasteiger partial charge in [-0.05, 0) is 60.7 Å². The molecule has 0 radical (unpaired) electrons. The molecular weight excluding hydrogens is 376 g/mol. The fourth-order valence-corrected chi connectivity index (χ4v) is 4.17. The smallest absolute Gasteiger partial charge is 0.225 e. The fraction of sp³-hybridized carbons (Fsp3) is 0.375. The molecule has 4 rings (SSSR count). The van der Waals surface area contributed by atoms with Crippen LogP contribution in [0.4, 0.5) is 0 Å². The Balaban J connectivity index is 1.38. The summed E-state index contributed by atoms with van der Waals surface area (Å²) in [5.74, 6) is 1.12. The van der Waals surface area contributed by atoms with E-state index in [1.54, 1.807) is 19.3 Å². The van der Waals surface area contributed by atoms with Crippen molar-refractivity contribution in [3.8, 4) is 11.8 Å². The number of aromatic nitrogens is 1. The zero-order chi connectivity index (χ0) is 21.1. The van der Waals surface area contributed by atoms with Crippen molar-refractivity contribution in [2.24, 2.45) is 5.92 Å². The lowest BCUT2D eigenvalue weighted by molar-refractivity contribution is -0.129. The van der Waals surface area contributed by atoms with Gasteiger partial charge in [-0.1, -0.05) is 11.6 Å². The highest BCUT2D eigenvalue weighted by Crippen LogP contribution is 2.34. The molecule has 1 aliphatic carbocycles. The number of amides is 1. The monoisotopic (exact) mass is 402 g/mol. The molecule has 0 atom stereocenters. The molecule has 30 heavy (non-hydrogen) atoms. The van der Waals surface area contributed by atoms with Crippen LogP contribution in [0.15, 0.2) is 42.1 Å². The molecule has 1 amide bonds. The van der Waals surface area contributed by atoms with Gasteiger partial charge in [0.2, 0.25) is 5.91 Å². The molecule has 154 valence electrons. The Hall–Kier alpha value is -3.17. The number of aryl methyl sites for hydroxylation is 1. The predicted molar refractivity (Wildman–Crippen MR) is 115 cm³/mol. The highest BCUT2D eigenvalue weighted by molar-refractivity contribution is 5.79. The van der Waals surface area contributed by atoms with Crippen LogP contribution in [0, 0.1) is 17.2 Å². The molecule has 2 aliphatic rings. The van der Waals surface area contributed by atoms with Crippen LogP contribution in [0.3, 0.4) is 0 Å². The molecule has 0 bridgehead atoms. The number of pyridine rings is 1. The third kappa shape index (κ3) is 4.22. The number of hydrogen-bond acceptors (Lipinski definition) is 5. The maximum atomic E-state index is 11.7. The quantitative estimate of drug-likeness (QED) is 0.804. The van der Waals surface area contributed by atoms with E-state index in [1.165, 1.54) is 22.3 Å². The summed E-state index contributed by atoms with van der Waals surface area (Å²) in [7, 11) is 1.70. The maximum Gasteiger partial charge on any atom is 0.225 e. The number of hydrogen-bond donors (Lipinski definition) is 1. The SMILES string of the molecule is CNC(=O)C1CN(CC2=C(C)c3ccc(OCc4ccc(C#N)cn4)cc3CC2)C1. The summed E-state index contributed by atoms with van der Waals surface area (Å²) in [4.78, 5) is 18.3. The standard InChI is InChI=1S/C24H26N4O2/c1-16-19(12-28-13-20(14-28)24(29)26-2)5-4-18-9-22(7-8-23(16)18)30-15-21-6-3-17(10-25)11-27-21/h3,6-9,11,20H,4-5,12-15H2,1-2H3,(H,26,29). The summed E-state index contributed by atoms with van der Waals surface area (Å²) in [6.45, 7) is 5.22. The second-order valence-electron chi connectivity index (χ2n) is 7.99. The first-order valence-electron chi connectivity index (χ1n) is 10.3. The zero-order valence-corrected chi connectivity index (χ0v) is 17.4. The van der Waals surface area contributed by atoms with Gasteiger partial charge in [0.05, 0.1) is 17.2 Å². The van der Waals surface area contributed by atoms with Gasteiger partial charge in [-0.25, -0.2) is 0 Å². The highest BCUT2D eigenvalue weighted by atomic mass is 16.5. The molecular formula is C24H26N4O2. The molecule has 1 fully saturated rings. The first-order valence-corrected chi connectivity index (χ1v) is 10.3. The lowest BCUT2D eigenvalue weighted by Gasteiger charge is -2.39. The van der Waals surface area contributed by atoms with E-state index in [0.717, 1.165) is 43.9 Å². The lowest BCUT2D eigenvalue weighted by atomic mass is 9.85. The third-order valence-corrected chi connectivity index (χ3v) is 6.04. The van der Waals surface area contributed by atoms with Crippen LogP contribution in [0.1, 0.15) is 35.7 Å². The van der Waals surface area contributed by atoms with E-state index in [0.29, 0.717) is 12.2 Å². The minimum Gasteiger partial charge on any atom is -0.487 e. The summed E-state index contributed by atoms with van der Waals surface area (Å²) in [5, 5.41) is 11.6. The van der Waals surface area contributed by atoms with E-state index in [1.807, 2.05) is 12.1 Å². The van der Waals surface area contributed by atoms with Crippen LogP contribution in [-0.4, -0.2) is 42.5 Å². The van der Waals surface area contributed by atoms with E-state index in [2.05, 4.69) is 40.3 Å². The van der Waals surface area contributed by atoms with Crippen molar-refractivity contribution in [1.82, 2.24) is 15.2 Å². The summed E-state index contributed by atoms with van der Waals surface area (Å²) in [6.07, 6.45) is 3.61. The predicted octanol–water partition coefficient (Wildman–Crippen LogP) is 2.93. The molecule has 1 saturated heterocycles. The molecule has 0 spiro atoms. The average molecular weight is 402 g/mol. The molecule has 0 saturated carbocycles. The van der Waals surface area contributed by atoms with E-state index in [-0.39, 0.29) is 11.8 Å². The minimum absolute atomic E-state index is 0.136. The van der Waals surface area contributed by atoms with Gasteiger partial charge in [0.1, 0.15) is 18.4 Å². The van der Waals surface area contributed by atoms with E-state index in [9.17, 15) is 4.79 Å². The van der Waals surface area contributed by atoms with Gasteiger partial charge in [0, 0.05) is 32.9 Å². The van der Waals surface area contributed by atoms with Crippen LogP contribution >= 0.6 is 0 Å². The van der Waals surface area contributed by atoms with Crippen molar-refractivity contribution in [2.45, 2.75) is 26.4 Å². The third-order valence-electron chi connectivity index (χ3n) is 6.04. The van der Waals surface area contributed by atoms with Crippen molar-refractivity contribution in [3.05, 3.63) is 64.5 Å². The molecule has 2 aromatic rings. The number of rotatable bonds is 6. The Morgan fingerprint density at radius 1 is 1.30 bits per heavy atom. The van der Waals surface area contributed by atoms with Crippen LogP contribution < -0.4 is 10.1 Å². The van der Waals surface area contributed by atoms with Gasteiger partial charge in [-0.15, -0.1) is 0 Å². The number of nitrogens with one attached hydrogen (secondary N) is 1. The molecule has 2 heterocycles. The highest BCUT2D eigenvalue weighted by Gasteiger charge is 2.32. The number of fused-ring (bicyclic) bond motifs is 1. The van der Waals surface area contributed by atoms with Crippen LogP contribution in [0.5, 0.6) is 5.75 Å². The summed E-state index contributed by atoms with van der Waals surface area (Å²) in [6, 6.07) is 11.9. The second kappa shape index (κ2) is 8.68. The van der Waals surface area contributed by atoms with Crippen LogP contribution in [0.25, 0.3) is 5.57 Å². The number of carbonyl (C=O) groups excluding carboxylic acids is 1. The summed E-state index contributed by atoms with van der Waals surface area (Å²) >= 11 is 0. The Morgan fingerprint density at radius 3 is 2.83 bits per heavy atom. The molecule has 1 aliphatic heterocycles. The molecule has 0 unspecified atom stereocenters. The van der Waals surface area contributed by atoms with Crippen LogP contribution in [0.2, 0.25) is 0 Å². The Labute approximate surface area is 177 Å². The van der Waals surface area contributed by atoms with Crippen molar-refractivity contribution in [3.63, 3.8) is 0 Å². The number of allylic oxidation sites excluding steroid dienone is 1. The molecule has 6 nitrogen and oxygen atoms in total. The summed E-state index contributed by atoms with van der Waals surface area (Å²) < 4.78 is 5.92. The number of carbonyl (C=O) groups is 1. The molecule has 6 heteroatoms. The van der Waals surface area contributed by atoms with Crippen molar-refractivity contribution in [2.75, 3.05) is 26.7 Å². The molecule has 1 aromatic carbocycles. The van der Waals surface area contributed by atoms with Crippen molar-refractivity contribution in [1.29, 1.82) is 5.26 Å². The van der Waals surface area contributed by atoms with Gasteiger partial charge in [-0.2, -0.15) is 5.26 Å². The largest absolute Gasteiger partial charge is 0.487 e. The topological polar surface area (TPSA) is 78.3 Å². The first-order chi connectivity index (χ1) is 14.6. The number of ether oxygens (including phenoxy) is 1. The normalized spacial score (nSPS) is 16.4. The Bertz CT molecular complexity index is 1010. The minimum atomic E-state index is 0.136. The second-order valence-corrected chi connectivity index (χ2v) is 7.99.